The van der Waals surface area contributed by atoms with Crippen molar-refractivity contribution in [2.45, 2.75) is 26.4 Å². The van der Waals surface area contributed by atoms with Gasteiger partial charge in [-0.25, -0.2) is 4.98 Å². The van der Waals surface area contributed by atoms with Crippen molar-refractivity contribution >= 4 is 16.9 Å². The molecule has 4 aromatic rings. The maximum Gasteiger partial charge on any atom is 0.253 e. The Morgan fingerprint density at radius 1 is 1.07 bits per heavy atom. The highest BCUT2D eigenvalue weighted by Gasteiger charge is 2.12. The smallest absolute Gasteiger partial charge is 0.253 e. The lowest BCUT2D eigenvalue weighted by atomic mass is 10.2. The molecule has 0 aliphatic heterocycles. The lowest BCUT2D eigenvalue weighted by Gasteiger charge is -2.12. The van der Waals surface area contributed by atoms with E-state index in [9.17, 15) is 4.79 Å². The summed E-state index contributed by atoms with van der Waals surface area (Å²) in [5.74, 6) is 1.57. The SMILES string of the molecule is Cc1ccccc1OCCCn1c(CNC(=O)c2cccnc2)nc2ccccc21. The number of fused-ring (bicyclic) bond motifs is 1. The largest absolute Gasteiger partial charge is 0.493 e. The Morgan fingerprint density at radius 2 is 1.90 bits per heavy atom. The van der Waals surface area contributed by atoms with Crippen LogP contribution in [0, 0.1) is 6.92 Å². The second-order valence-corrected chi connectivity index (χ2v) is 7.06. The van der Waals surface area contributed by atoms with Crippen molar-refractivity contribution in [3.63, 3.8) is 0 Å². The van der Waals surface area contributed by atoms with Gasteiger partial charge in [0.1, 0.15) is 11.6 Å². The number of benzene rings is 2. The number of ether oxygens (including phenoxy) is 1. The molecule has 2 heterocycles. The van der Waals surface area contributed by atoms with Crippen molar-refractivity contribution in [3.8, 4) is 5.75 Å². The Balaban J connectivity index is 1.43. The van der Waals surface area contributed by atoms with Gasteiger partial charge in [0, 0.05) is 18.9 Å². The van der Waals surface area contributed by atoms with E-state index in [-0.39, 0.29) is 5.91 Å². The lowest BCUT2D eigenvalue weighted by molar-refractivity contribution is 0.0949. The van der Waals surface area contributed by atoms with Gasteiger partial charge in [-0.15, -0.1) is 0 Å². The van der Waals surface area contributed by atoms with Crippen LogP contribution in [-0.4, -0.2) is 27.0 Å². The van der Waals surface area contributed by atoms with E-state index in [0.29, 0.717) is 18.7 Å². The van der Waals surface area contributed by atoms with Crippen LogP contribution in [0.25, 0.3) is 11.0 Å². The molecule has 0 aliphatic carbocycles. The molecular formula is C24H24N4O2. The van der Waals surface area contributed by atoms with Crippen LogP contribution < -0.4 is 10.1 Å². The number of pyridine rings is 1. The molecule has 2 aromatic carbocycles. The number of amides is 1. The number of para-hydroxylation sites is 3. The maximum absolute atomic E-state index is 12.4. The Bertz CT molecular complexity index is 1140. The van der Waals surface area contributed by atoms with Crippen molar-refractivity contribution in [2.75, 3.05) is 6.61 Å². The summed E-state index contributed by atoms with van der Waals surface area (Å²) >= 11 is 0. The monoisotopic (exact) mass is 400 g/mol. The fourth-order valence-electron chi connectivity index (χ4n) is 3.39. The fourth-order valence-corrected chi connectivity index (χ4v) is 3.39. The van der Waals surface area contributed by atoms with E-state index in [1.807, 2.05) is 49.4 Å². The predicted octanol–water partition coefficient (Wildman–Crippen LogP) is 4.14. The second kappa shape index (κ2) is 9.22. The van der Waals surface area contributed by atoms with Crippen molar-refractivity contribution in [3.05, 3.63) is 90.0 Å². The lowest BCUT2D eigenvalue weighted by Crippen LogP contribution is -2.25. The second-order valence-electron chi connectivity index (χ2n) is 7.06. The minimum Gasteiger partial charge on any atom is -0.493 e. The molecule has 0 bridgehead atoms. The number of rotatable bonds is 8. The quantitative estimate of drug-likeness (QED) is 0.451. The van der Waals surface area contributed by atoms with Gasteiger partial charge < -0.3 is 14.6 Å². The van der Waals surface area contributed by atoms with E-state index >= 15 is 0 Å². The number of carbonyl (C=O) groups excluding carboxylic acids is 1. The molecule has 0 atom stereocenters. The number of hydrogen-bond acceptors (Lipinski definition) is 4. The molecule has 0 spiro atoms. The first kappa shape index (κ1) is 19.6. The van der Waals surface area contributed by atoms with Gasteiger partial charge >= 0.3 is 0 Å². The zero-order chi connectivity index (χ0) is 20.8. The third-order valence-corrected chi connectivity index (χ3v) is 4.94. The summed E-state index contributed by atoms with van der Waals surface area (Å²) in [6, 6.07) is 19.5. The summed E-state index contributed by atoms with van der Waals surface area (Å²) in [5.41, 5.74) is 3.64. The first-order chi connectivity index (χ1) is 14.7. The standard InChI is InChI=1S/C24H24N4O2/c1-18-8-2-5-12-22(18)30-15-7-14-28-21-11-4-3-10-20(21)27-23(28)17-26-24(29)19-9-6-13-25-16-19/h2-6,8-13,16H,7,14-15,17H2,1H3,(H,26,29). The van der Waals surface area contributed by atoms with Gasteiger partial charge in [0.25, 0.3) is 5.91 Å². The molecule has 0 saturated carbocycles. The Morgan fingerprint density at radius 3 is 2.73 bits per heavy atom. The highest BCUT2D eigenvalue weighted by molar-refractivity contribution is 5.93. The molecule has 6 heteroatoms. The number of aryl methyl sites for hydroxylation is 2. The minimum absolute atomic E-state index is 0.162. The molecule has 0 radical (unpaired) electrons. The van der Waals surface area contributed by atoms with Crippen LogP contribution in [0.15, 0.2) is 73.1 Å². The van der Waals surface area contributed by atoms with Crippen LogP contribution in [0.2, 0.25) is 0 Å². The first-order valence-corrected chi connectivity index (χ1v) is 10.0. The summed E-state index contributed by atoms with van der Waals surface area (Å²) in [6.45, 7) is 3.76. The number of carbonyl (C=O) groups is 1. The normalized spacial score (nSPS) is 10.8. The minimum atomic E-state index is -0.162. The van der Waals surface area contributed by atoms with E-state index in [2.05, 4.69) is 20.9 Å². The van der Waals surface area contributed by atoms with Crippen LogP contribution >= 0.6 is 0 Å². The van der Waals surface area contributed by atoms with Crippen LogP contribution in [0.5, 0.6) is 5.75 Å². The van der Waals surface area contributed by atoms with Gasteiger partial charge in [0.15, 0.2) is 0 Å². The maximum atomic E-state index is 12.4. The summed E-state index contributed by atoms with van der Waals surface area (Å²) in [5, 5.41) is 2.95. The van der Waals surface area contributed by atoms with Gasteiger partial charge in [-0.2, -0.15) is 0 Å². The molecule has 0 aliphatic rings. The molecular weight excluding hydrogens is 376 g/mol. The molecule has 0 unspecified atom stereocenters. The molecule has 30 heavy (non-hydrogen) atoms. The zero-order valence-electron chi connectivity index (χ0n) is 16.9. The van der Waals surface area contributed by atoms with Gasteiger partial charge in [-0.1, -0.05) is 30.3 Å². The molecule has 2 aromatic heterocycles. The van der Waals surface area contributed by atoms with Gasteiger partial charge in [0.2, 0.25) is 0 Å². The molecule has 152 valence electrons. The number of nitrogens with one attached hydrogen (secondary N) is 1. The Labute approximate surface area is 175 Å². The molecule has 4 rings (SSSR count). The van der Waals surface area contributed by atoms with E-state index in [1.165, 1.54) is 0 Å². The average Bonchev–Trinajstić information content (AvgIpc) is 3.14. The Hall–Kier alpha value is -3.67. The van der Waals surface area contributed by atoms with E-state index in [1.54, 1.807) is 24.5 Å². The Kier molecular flexibility index (Phi) is 6.03. The third-order valence-electron chi connectivity index (χ3n) is 4.94. The highest BCUT2D eigenvalue weighted by Crippen LogP contribution is 2.18. The summed E-state index contributed by atoms with van der Waals surface area (Å²) in [6.07, 6.45) is 4.04. The summed E-state index contributed by atoms with van der Waals surface area (Å²) in [4.78, 5) is 21.1. The topological polar surface area (TPSA) is 69.0 Å². The van der Waals surface area contributed by atoms with Crippen molar-refractivity contribution in [2.24, 2.45) is 0 Å². The number of hydrogen-bond donors (Lipinski definition) is 1. The fraction of sp³-hybridized carbons (Fsp3) is 0.208. The van der Waals surface area contributed by atoms with Crippen molar-refractivity contribution in [1.82, 2.24) is 19.9 Å². The van der Waals surface area contributed by atoms with Crippen LogP contribution in [-0.2, 0) is 13.1 Å². The van der Waals surface area contributed by atoms with Gasteiger partial charge in [0.05, 0.1) is 29.7 Å². The third kappa shape index (κ3) is 4.49. The summed E-state index contributed by atoms with van der Waals surface area (Å²) < 4.78 is 8.09. The van der Waals surface area contributed by atoms with E-state index in [4.69, 9.17) is 9.72 Å². The highest BCUT2D eigenvalue weighted by atomic mass is 16.5. The van der Waals surface area contributed by atoms with E-state index < -0.39 is 0 Å². The van der Waals surface area contributed by atoms with Crippen molar-refractivity contribution in [1.29, 1.82) is 0 Å². The van der Waals surface area contributed by atoms with Crippen LogP contribution in [0.3, 0.4) is 0 Å². The molecule has 0 fully saturated rings. The van der Waals surface area contributed by atoms with Crippen molar-refractivity contribution < 1.29 is 9.53 Å². The number of imidazole rings is 1. The van der Waals surface area contributed by atoms with Crippen LogP contribution in [0.4, 0.5) is 0 Å². The number of aromatic nitrogens is 3. The first-order valence-electron chi connectivity index (χ1n) is 10.0. The molecule has 1 N–H and O–H groups in total. The average molecular weight is 400 g/mol. The van der Waals surface area contributed by atoms with Gasteiger partial charge in [-0.3, -0.25) is 9.78 Å². The number of nitrogens with zero attached hydrogens (tertiary/aromatic N) is 3. The molecule has 0 saturated heterocycles. The molecule has 6 nitrogen and oxygen atoms in total. The predicted molar refractivity (Wildman–Crippen MR) is 116 cm³/mol. The zero-order valence-corrected chi connectivity index (χ0v) is 16.9. The van der Waals surface area contributed by atoms with Gasteiger partial charge in [-0.05, 0) is 49.2 Å². The summed E-state index contributed by atoms with van der Waals surface area (Å²) in [7, 11) is 0. The van der Waals surface area contributed by atoms with E-state index in [0.717, 1.165) is 41.1 Å². The van der Waals surface area contributed by atoms with Crippen LogP contribution in [0.1, 0.15) is 28.2 Å². The molecule has 1 amide bonds.